The molecular weight excluding hydrogens is 364 g/mol. The highest BCUT2D eigenvalue weighted by molar-refractivity contribution is 7.80. The Kier molecular flexibility index (Phi) is 4.71. The number of pyridine rings is 1. The highest BCUT2D eigenvalue weighted by atomic mass is 32.1. The zero-order valence-corrected chi connectivity index (χ0v) is 17.8. The first-order valence-corrected chi connectivity index (χ1v) is 10.0. The van der Waals surface area contributed by atoms with E-state index in [9.17, 15) is 0 Å². The van der Waals surface area contributed by atoms with Crippen LogP contribution in [0, 0.1) is 27.7 Å². The molecule has 3 aromatic rings. The summed E-state index contributed by atoms with van der Waals surface area (Å²) in [4.78, 5) is 6.75. The van der Waals surface area contributed by atoms with E-state index in [1.54, 1.807) is 0 Å². The van der Waals surface area contributed by atoms with Crippen molar-refractivity contribution in [1.29, 1.82) is 0 Å². The number of rotatable bonds is 3. The number of thiocarbonyl (C=S) groups is 1. The maximum atomic E-state index is 5.59. The largest absolute Gasteiger partial charge is 0.352 e. The first kappa shape index (κ1) is 18.7. The fourth-order valence-electron chi connectivity index (χ4n) is 4.44. The lowest BCUT2D eigenvalue weighted by Crippen LogP contribution is -2.25. The molecule has 5 heteroatoms. The minimum Gasteiger partial charge on any atom is -0.352 e. The van der Waals surface area contributed by atoms with E-state index < -0.39 is 0 Å². The van der Waals surface area contributed by atoms with Crippen LogP contribution in [-0.2, 0) is 0 Å². The summed E-state index contributed by atoms with van der Waals surface area (Å²) in [7, 11) is 2.06. The van der Waals surface area contributed by atoms with Crippen molar-refractivity contribution in [1.82, 2.24) is 19.8 Å². The molecule has 1 aliphatic rings. The van der Waals surface area contributed by atoms with E-state index in [1.807, 2.05) is 18.3 Å². The van der Waals surface area contributed by atoms with Crippen LogP contribution in [0.3, 0.4) is 0 Å². The molecule has 1 saturated heterocycles. The predicted octanol–water partition coefficient (Wildman–Crippen LogP) is 4.71. The molecule has 144 valence electrons. The van der Waals surface area contributed by atoms with Gasteiger partial charge >= 0.3 is 0 Å². The van der Waals surface area contributed by atoms with Crippen LogP contribution in [0.25, 0.3) is 5.69 Å². The van der Waals surface area contributed by atoms with Crippen LogP contribution in [0.2, 0.25) is 0 Å². The summed E-state index contributed by atoms with van der Waals surface area (Å²) in [6, 6.07) is 15.0. The highest BCUT2D eigenvalue weighted by Crippen LogP contribution is 2.40. The molecule has 0 saturated carbocycles. The van der Waals surface area contributed by atoms with E-state index >= 15 is 0 Å². The van der Waals surface area contributed by atoms with Crippen molar-refractivity contribution in [2.24, 2.45) is 0 Å². The average molecular weight is 391 g/mol. The maximum Gasteiger partial charge on any atom is 0.169 e. The summed E-state index contributed by atoms with van der Waals surface area (Å²) in [5, 5.41) is 4.23. The molecule has 0 unspecified atom stereocenters. The van der Waals surface area contributed by atoms with Gasteiger partial charge in [-0.2, -0.15) is 0 Å². The topological polar surface area (TPSA) is 33.1 Å². The van der Waals surface area contributed by atoms with E-state index in [0.717, 1.165) is 10.8 Å². The van der Waals surface area contributed by atoms with Crippen molar-refractivity contribution >= 4 is 17.3 Å². The summed E-state index contributed by atoms with van der Waals surface area (Å²) in [5.41, 5.74) is 8.61. The van der Waals surface area contributed by atoms with Gasteiger partial charge in [-0.1, -0.05) is 24.3 Å². The lowest BCUT2D eigenvalue weighted by atomic mass is 9.97. The number of aryl methyl sites for hydroxylation is 3. The van der Waals surface area contributed by atoms with Gasteiger partial charge in [0.15, 0.2) is 5.11 Å². The van der Waals surface area contributed by atoms with Crippen LogP contribution in [0.15, 0.2) is 48.7 Å². The van der Waals surface area contributed by atoms with Crippen molar-refractivity contribution < 1.29 is 0 Å². The number of hydrogen-bond acceptors (Lipinski definition) is 2. The van der Waals surface area contributed by atoms with Gasteiger partial charge in [0.25, 0.3) is 0 Å². The van der Waals surface area contributed by atoms with E-state index in [2.05, 4.69) is 84.8 Å². The molecule has 1 aliphatic heterocycles. The SMILES string of the molecule is Cc1cccc(C)c1-n1c(C)cc([C@@H]2[C@@H](c3ccccn3)NC(=S)N2C)c1C. The summed E-state index contributed by atoms with van der Waals surface area (Å²) < 4.78 is 2.38. The quantitative estimate of drug-likeness (QED) is 0.657. The normalized spacial score (nSPS) is 19.2. The van der Waals surface area contributed by atoms with Gasteiger partial charge in [-0.25, -0.2) is 0 Å². The Morgan fingerprint density at radius 3 is 2.36 bits per heavy atom. The number of benzene rings is 1. The van der Waals surface area contributed by atoms with E-state index in [1.165, 1.54) is 33.8 Å². The number of para-hydroxylation sites is 1. The number of nitrogens with one attached hydrogen (secondary N) is 1. The molecule has 0 bridgehead atoms. The van der Waals surface area contributed by atoms with Crippen LogP contribution >= 0.6 is 12.2 Å². The fraction of sp³-hybridized carbons (Fsp3) is 0.304. The van der Waals surface area contributed by atoms with E-state index in [-0.39, 0.29) is 12.1 Å². The smallest absolute Gasteiger partial charge is 0.169 e. The molecule has 4 rings (SSSR count). The molecular formula is C23H26N4S. The highest BCUT2D eigenvalue weighted by Gasteiger charge is 2.39. The Labute approximate surface area is 172 Å². The van der Waals surface area contributed by atoms with E-state index in [0.29, 0.717) is 0 Å². The molecule has 1 fully saturated rings. The molecule has 3 heterocycles. The van der Waals surface area contributed by atoms with Gasteiger partial charge in [0.1, 0.15) is 0 Å². The molecule has 2 aromatic heterocycles. The number of likely N-dealkylation sites (N-methyl/N-ethyl adjacent to an activating group) is 1. The minimum atomic E-state index is 0.0330. The Morgan fingerprint density at radius 1 is 1.00 bits per heavy atom. The second-order valence-electron chi connectivity index (χ2n) is 7.64. The van der Waals surface area contributed by atoms with Gasteiger partial charge in [0.05, 0.1) is 23.5 Å². The van der Waals surface area contributed by atoms with Crippen LogP contribution < -0.4 is 5.32 Å². The molecule has 0 amide bonds. The predicted molar refractivity (Wildman–Crippen MR) is 118 cm³/mol. The third-order valence-corrected chi connectivity index (χ3v) is 6.20. The van der Waals surface area contributed by atoms with Gasteiger partial charge in [-0.05, 0) is 74.8 Å². The summed E-state index contributed by atoms with van der Waals surface area (Å²) in [6.45, 7) is 8.74. The number of nitrogens with zero attached hydrogens (tertiary/aromatic N) is 3. The van der Waals surface area contributed by atoms with Gasteiger partial charge < -0.3 is 14.8 Å². The summed E-state index contributed by atoms with van der Waals surface area (Å²) >= 11 is 5.59. The van der Waals surface area contributed by atoms with Crippen LogP contribution in [0.1, 0.15) is 45.9 Å². The third-order valence-electron chi connectivity index (χ3n) is 5.79. The molecule has 0 aliphatic carbocycles. The minimum absolute atomic E-state index is 0.0330. The Bertz CT molecular complexity index is 1020. The Balaban J connectivity index is 1.86. The second-order valence-corrected chi connectivity index (χ2v) is 8.03. The Hall–Kier alpha value is -2.66. The van der Waals surface area contributed by atoms with Crippen LogP contribution in [-0.4, -0.2) is 26.6 Å². The van der Waals surface area contributed by atoms with Crippen molar-refractivity contribution in [2.45, 2.75) is 39.8 Å². The summed E-state index contributed by atoms with van der Waals surface area (Å²) in [5.74, 6) is 0. The van der Waals surface area contributed by atoms with E-state index in [4.69, 9.17) is 12.2 Å². The average Bonchev–Trinajstić information content (AvgIpc) is 3.12. The lowest BCUT2D eigenvalue weighted by Gasteiger charge is -2.25. The zero-order chi connectivity index (χ0) is 20.0. The van der Waals surface area contributed by atoms with Crippen LogP contribution in [0.5, 0.6) is 0 Å². The monoisotopic (exact) mass is 390 g/mol. The zero-order valence-electron chi connectivity index (χ0n) is 17.0. The maximum absolute atomic E-state index is 5.59. The third kappa shape index (κ3) is 2.90. The molecule has 1 N–H and O–H groups in total. The van der Waals surface area contributed by atoms with Gasteiger partial charge in [-0.15, -0.1) is 0 Å². The van der Waals surface area contributed by atoms with Crippen molar-refractivity contribution in [3.63, 3.8) is 0 Å². The first-order valence-electron chi connectivity index (χ1n) is 9.60. The number of aromatic nitrogens is 2. The lowest BCUT2D eigenvalue weighted by molar-refractivity contribution is 0.367. The second kappa shape index (κ2) is 7.06. The van der Waals surface area contributed by atoms with Gasteiger partial charge in [-0.3, -0.25) is 4.98 Å². The number of hydrogen-bond donors (Lipinski definition) is 1. The van der Waals surface area contributed by atoms with Crippen LogP contribution in [0.4, 0.5) is 0 Å². The van der Waals surface area contributed by atoms with Crippen molar-refractivity contribution in [2.75, 3.05) is 7.05 Å². The summed E-state index contributed by atoms with van der Waals surface area (Å²) in [6.07, 6.45) is 1.84. The van der Waals surface area contributed by atoms with Gasteiger partial charge in [0.2, 0.25) is 0 Å². The molecule has 28 heavy (non-hydrogen) atoms. The molecule has 0 spiro atoms. The van der Waals surface area contributed by atoms with Gasteiger partial charge in [0, 0.05) is 24.6 Å². The van der Waals surface area contributed by atoms with Crippen molar-refractivity contribution in [3.8, 4) is 5.69 Å². The molecule has 1 aromatic carbocycles. The van der Waals surface area contributed by atoms with Crippen molar-refractivity contribution in [3.05, 3.63) is 82.4 Å². The Morgan fingerprint density at radius 2 is 1.71 bits per heavy atom. The molecule has 2 atom stereocenters. The molecule has 0 radical (unpaired) electrons. The molecule has 4 nitrogen and oxygen atoms in total. The fourth-order valence-corrected chi connectivity index (χ4v) is 4.68. The first-order chi connectivity index (χ1) is 13.4. The standard InChI is InChI=1S/C23H26N4S/c1-14-9-8-10-15(2)21(14)27-16(3)13-18(17(27)4)22-20(25-23(28)26(22)5)19-11-6-7-12-24-19/h6-13,20,22H,1-5H3,(H,25,28)/t20-,22-/m1/s1.